The molecule has 1 atom stereocenters. The monoisotopic (exact) mass is 269 g/mol. The number of ether oxygens (including phenoxy) is 1. The molecule has 0 amide bonds. The summed E-state index contributed by atoms with van der Waals surface area (Å²) in [5, 5.41) is 0. The highest BCUT2D eigenvalue weighted by Crippen LogP contribution is 2.22. The Bertz CT molecular complexity index is 361. The molecule has 2 N–H and O–H groups in total. The summed E-state index contributed by atoms with van der Waals surface area (Å²) in [4.78, 5) is 0. The molecule has 0 heterocycles. The van der Waals surface area contributed by atoms with Crippen molar-refractivity contribution < 1.29 is 4.74 Å². The minimum Gasteiger partial charge on any atom is -0.488 e. The van der Waals surface area contributed by atoms with Crippen LogP contribution < -0.4 is 10.5 Å². The quantitative estimate of drug-likeness (QED) is 0.911. The van der Waals surface area contributed by atoms with Gasteiger partial charge in [0.2, 0.25) is 0 Å². The second-order valence-corrected chi connectivity index (χ2v) is 4.74. The summed E-state index contributed by atoms with van der Waals surface area (Å²) in [6.45, 7) is 8.18. The third kappa shape index (κ3) is 3.68. The van der Waals surface area contributed by atoms with Gasteiger partial charge in [-0.3, -0.25) is 0 Å². The highest BCUT2D eigenvalue weighted by molar-refractivity contribution is 9.11. The van der Waals surface area contributed by atoms with Crippen LogP contribution >= 0.6 is 15.9 Å². The summed E-state index contributed by atoms with van der Waals surface area (Å²) < 4.78 is 6.38. The molecule has 0 fully saturated rings. The Morgan fingerprint density at radius 2 is 2.27 bits per heavy atom. The molecule has 2 nitrogen and oxygen atoms in total. The summed E-state index contributed by atoms with van der Waals surface area (Å²) >= 11 is 3.25. The van der Waals surface area contributed by atoms with Gasteiger partial charge in [-0.05, 0) is 31.0 Å². The van der Waals surface area contributed by atoms with E-state index in [0.29, 0.717) is 6.61 Å². The Balaban J connectivity index is 2.79. The third-order valence-corrected chi connectivity index (χ3v) is 2.34. The Kier molecular flexibility index (Phi) is 4.36. The van der Waals surface area contributed by atoms with E-state index in [4.69, 9.17) is 10.5 Å². The minimum atomic E-state index is 0.0592. The molecule has 0 aliphatic carbocycles. The molecule has 1 aromatic rings. The first-order valence-electron chi connectivity index (χ1n) is 4.83. The summed E-state index contributed by atoms with van der Waals surface area (Å²) in [7, 11) is 0. The lowest BCUT2D eigenvalue weighted by Gasteiger charge is -2.11. The fourth-order valence-electron chi connectivity index (χ4n) is 1.27. The van der Waals surface area contributed by atoms with E-state index in [2.05, 4.69) is 28.6 Å². The number of hydrogen-bond donors (Lipinski definition) is 1. The van der Waals surface area contributed by atoms with E-state index in [-0.39, 0.29) is 6.04 Å². The van der Waals surface area contributed by atoms with Gasteiger partial charge in [0.25, 0.3) is 0 Å². The summed E-state index contributed by atoms with van der Waals surface area (Å²) in [6, 6.07) is 6.05. The fraction of sp³-hybridized carbons (Fsp3) is 0.333. The second-order valence-electron chi connectivity index (χ2n) is 3.62. The molecule has 0 saturated heterocycles. The van der Waals surface area contributed by atoms with E-state index in [0.717, 1.165) is 21.4 Å². The van der Waals surface area contributed by atoms with Crippen molar-refractivity contribution in [3.63, 3.8) is 0 Å². The summed E-state index contributed by atoms with van der Waals surface area (Å²) in [5.74, 6) is 0.875. The van der Waals surface area contributed by atoms with Crippen LogP contribution in [0.1, 0.15) is 24.1 Å². The van der Waals surface area contributed by atoms with Crippen LogP contribution in [-0.4, -0.2) is 6.61 Å². The topological polar surface area (TPSA) is 35.2 Å². The molecule has 15 heavy (non-hydrogen) atoms. The SMILES string of the molecule is C=C(Br)COc1ccc(C(C)N)cc1C. The molecule has 0 aromatic heterocycles. The van der Waals surface area contributed by atoms with Crippen molar-refractivity contribution in [3.8, 4) is 5.75 Å². The minimum absolute atomic E-state index is 0.0592. The molecule has 82 valence electrons. The standard InChI is InChI=1S/C12H16BrNO/c1-8-6-11(10(3)14)4-5-12(8)15-7-9(2)13/h4-6,10H,2,7,14H2,1,3H3. The molecule has 0 aliphatic heterocycles. The van der Waals surface area contributed by atoms with Crippen LogP contribution in [0, 0.1) is 6.92 Å². The molecule has 0 radical (unpaired) electrons. The maximum absolute atomic E-state index is 5.79. The van der Waals surface area contributed by atoms with Crippen LogP contribution in [0.15, 0.2) is 29.3 Å². The molecule has 1 unspecified atom stereocenters. The zero-order chi connectivity index (χ0) is 11.4. The van der Waals surface area contributed by atoms with Gasteiger partial charge in [0.05, 0.1) is 0 Å². The zero-order valence-electron chi connectivity index (χ0n) is 9.09. The Morgan fingerprint density at radius 1 is 1.60 bits per heavy atom. The van der Waals surface area contributed by atoms with Gasteiger partial charge in [-0.25, -0.2) is 0 Å². The summed E-state index contributed by atoms with van der Waals surface area (Å²) in [5.41, 5.74) is 8.01. The van der Waals surface area contributed by atoms with Crippen LogP contribution in [0.3, 0.4) is 0 Å². The van der Waals surface area contributed by atoms with Gasteiger partial charge < -0.3 is 10.5 Å². The second kappa shape index (κ2) is 5.33. The van der Waals surface area contributed by atoms with Crippen molar-refractivity contribution in [2.24, 2.45) is 5.73 Å². The molecule has 1 rings (SSSR count). The molecular weight excluding hydrogens is 254 g/mol. The smallest absolute Gasteiger partial charge is 0.122 e. The van der Waals surface area contributed by atoms with Crippen LogP contribution in [0.25, 0.3) is 0 Å². The first-order valence-corrected chi connectivity index (χ1v) is 5.62. The maximum Gasteiger partial charge on any atom is 0.122 e. The van der Waals surface area contributed by atoms with E-state index in [1.807, 2.05) is 26.0 Å². The first kappa shape index (κ1) is 12.3. The maximum atomic E-state index is 5.79. The van der Waals surface area contributed by atoms with Crippen molar-refractivity contribution in [2.45, 2.75) is 19.9 Å². The number of hydrogen-bond acceptors (Lipinski definition) is 2. The molecule has 1 aromatic carbocycles. The molecule has 0 saturated carbocycles. The van der Waals surface area contributed by atoms with Crippen LogP contribution in [0.2, 0.25) is 0 Å². The number of aryl methyl sites for hydroxylation is 1. The van der Waals surface area contributed by atoms with E-state index < -0.39 is 0 Å². The van der Waals surface area contributed by atoms with Crippen LogP contribution in [0.5, 0.6) is 5.75 Å². The predicted octanol–water partition coefficient (Wildman–Crippen LogP) is 3.30. The fourth-order valence-corrected chi connectivity index (χ4v) is 1.39. The lowest BCUT2D eigenvalue weighted by atomic mass is 10.1. The van der Waals surface area contributed by atoms with E-state index in [9.17, 15) is 0 Å². The van der Waals surface area contributed by atoms with Crippen molar-refractivity contribution in [3.05, 3.63) is 40.4 Å². The lowest BCUT2D eigenvalue weighted by molar-refractivity contribution is 0.358. The molecular formula is C12H16BrNO. The number of nitrogens with two attached hydrogens (primary N) is 1. The number of halogens is 1. The van der Waals surface area contributed by atoms with Crippen molar-refractivity contribution in [1.29, 1.82) is 0 Å². The number of benzene rings is 1. The third-order valence-electron chi connectivity index (χ3n) is 2.11. The summed E-state index contributed by atoms with van der Waals surface area (Å²) in [6.07, 6.45) is 0. The Hall–Kier alpha value is -0.800. The Labute approximate surface area is 99.3 Å². The zero-order valence-corrected chi connectivity index (χ0v) is 10.7. The highest BCUT2D eigenvalue weighted by Gasteiger charge is 2.04. The van der Waals surface area contributed by atoms with E-state index in [1.165, 1.54) is 0 Å². The van der Waals surface area contributed by atoms with Gasteiger partial charge >= 0.3 is 0 Å². The molecule has 3 heteroatoms. The largest absolute Gasteiger partial charge is 0.488 e. The average Bonchev–Trinajstić information content (AvgIpc) is 2.15. The number of rotatable bonds is 4. The normalized spacial score (nSPS) is 12.3. The predicted molar refractivity (Wildman–Crippen MR) is 67.3 cm³/mol. The lowest BCUT2D eigenvalue weighted by Crippen LogP contribution is -2.05. The van der Waals surface area contributed by atoms with Gasteiger partial charge in [-0.15, -0.1) is 0 Å². The van der Waals surface area contributed by atoms with Gasteiger partial charge in [-0.1, -0.05) is 34.6 Å². The molecule has 0 spiro atoms. The first-order chi connectivity index (χ1) is 7.00. The van der Waals surface area contributed by atoms with E-state index in [1.54, 1.807) is 0 Å². The Morgan fingerprint density at radius 3 is 2.73 bits per heavy atom. The average molecular weight is 270 g/mol. The van der Waals surface area contributed by atoms with Gasteiger partial charge in [0, 0.05) is 10.5 Å². The van der Waals surface area contributed by atoms with Crippen molar-refractivity contribution >= 4 is 15.9 Å². The molecule has 0 aliphatic rings. The van der Waals surface area contributed by atoms with Crippen LogP contribution in [-0.2, 0) is 0 Å². The van der Waals surface area contributed by atoms with Crippen LogP contribution in [0.4, 0.5) is 0 Å². The van der Waals surface area contributed by atoms with Gasteiger partial charge in [-0.2, -0.15) is 0 Å². The van der Waals surface area contributed by atoms with Gasteiger partial charge in [0.1, 0.15) is 12.4 Å². The highest BCUT2D eigenvalue weighted by atomic mass is 79.9. The van der Waals surface area contributed by atoms with E-state index >= 15 is 0 Å². The molecule has 0 bridgehead atoms. The van der Waals surface area contributed by atoms with Gasteiger partial charge in [0.15, 0.2) is 0 Å². The van der Waals surface area contributed by atoms with Crippen molar-refractivity contribution in [2.75, 3.05) is 6.61 Å². The van der Waals surface area contributed by atoms with Crippen molar-refractivity contribution in [1.82, 2.24) is 0 Å².